The molecule has 0 aliphatic heterocycles. The lowest BCUT2D eigenvalue weighted by Crippen LogP contribution is -2.24. The number of alkyl halides is 2. The Morgan fingerprint density at radius 2 is 1.53 bits per heavy atom. The van der Waals surface area contributed by atoms with Crippen LogP contribution in [0.25, 0.3) is 22.3 Å². The number of methoxy groups -OCH3 is 1. The zero-order chi connectivity index (χ0) is 26.6. The first kappa shape index (κ1) is 26.6. The van der Waals surface area contributed by atoms with E-state index < -0.39 is 12.3 Å². The van der Waals surface area contributed by atoms with Gasteiger partial charge in [0.2, 0.25) is 0 Å². The van der Waals surface area contributed by atoms with E-state index in [4.69, 9.17) is 4.74 Å². The summed E-state index contributed by atoms with van der Waals surface area (Å²) in [7, 11) is 1.33. The average Bonchev–Trinajstić information content (AvgIpc) is 2.95. The van der Waals surface area contributed by atoms with Gasteiger partial charge in [0.25, 0.3) is 0 Å². The average molecular weight is 519 g/mol. The van der Waals surface area contributed by atoms with Crippen LogP contribution in [0.5, 0.6) is 0 Å². The second-order valence-corrected chi connectivity index (χ2v) is 10.9. The van der Waals surface area contributed by atoms with Gasteiger partial charge < -0.3 is 4.74 Å². The van der Waals surface area contributed by atoms with E-state index in [1.165, 1.54) is 50.9 Å². The van der Waals surface area contributed by atoms with Gasteiger partial charge in [-0.25, -0.2) is 13.2 Å². The Balaban J connectivity index is 1.25. The van der Waals surface area contributed by atoms with Crippen molar-refractivity contribution in [3.63, 3.8) is 0 Å². The third-order valence-electron chi connectivity index (χ3n) is 8.76. The number of halogens is 3. The van der Waals surface area contributed by atoms with Gasteiger partial charge in [-0.05, 0) is 110 Å². The molecule has 1 nitrogen and oxygen atoms in total. The van der Waals surface area contributed by atoms with Crippen molar-refractivity contribution in [2.75, 3.05) is 7.11 Å². The Hall–Kier alpha value is -3.01. The maximum Gasteiger partial charge on any atom is 0.192 e. The van der Waals surface area contributed by atoms with Crippen LogP contribution >= 0.6 is 0 Å². The minimum absolute atomic E-state index is 0.0178. The van der Waals surface area contributed by atoms with Crippen LogP contribution in [0.1, 0.15) is 63.0 Å². The summed E-state index contributed by atoms with van der Waals surface area (Å²) in [6.45, 7) is 2.11. The fraction of sp³-hybridized carbons (Fsp3) is 0.412. The maximum atomic E-state index is 15.2. The van der Waals surface area contributed by atoms with Gasteiger partial charge in [-0.1, -0.05) is 60.7 Å². The summed E-state index contributed by atoms with van der Waals surface area (Å²) in [5.74, 6) is 2.05. The van der Waals surface area contributed by atoms with Crippen molar-refractivity contribution in [3.8, 4) is 11.1 Å². The molecule has 5 rings (SSSR count). The normalized spacial score (nSPS) is 28.0. The first-order valence-corrected chi connectivity index (χ1v) is 13.9. The topological polar surface area (TPSA) is 9.23 Å². The monoisotopic (exact) mass is 518 g/mol. The molecule has 3 aliphatic carbocycles. The van der Waals surface area contributed by atoms with E-state index in [-0.39, 0.29) is 17.1 Å². The molecule has 4 heteroatoms. The van der Waals surface area contributed by atoms with Crippen molar-refractivity contribution in [1.82, 2.24) is 0 Å². The fourth-order valence-electron chi connectivity index (χ4n) is 6.51. The van der Waals surface area contributed by atoms with E-state index in [0.29, 0.717) is 16.7 Å². The molecule has 38 heavy (non-hydrogen) atoms. The smallest absolute Gasteiger partial charge is 0.192 e. The van der Waals surface area contributed by atoms with E-state index >= 15 is 4.39 Å². The van der Waals surface area contributed by atoms with Crippen molar-refractivity contribution < 1.29 is 17.9 Å². The molecule has 0 radical (unpaired) electrons. The molecule has 3 unspecified atom stereocenters. The SMILES string of the molecule is C/C=C/C1CCC(C2CC=C(c3ccc(-c4ccc(C5=CC=C(OC)C(F)C5F)cc4)c(F)c3)CC2)CC1. The maximum absolute atomic E-state index is 15.2. The molecule has 3 aliphatic rings. The van der Waals surface area contributed by atoms with E-state index in [2.05, 4.69) is 25.2 Å². The summed E-state index contributed by atoms with van der Waals surface area (Å²) in [5, 5.41) is 0. The lowest BCUT2D eigenvalue weighted by molar-refractivity contribution is 0.152. The minimum atomic E-state index is -1.83. The Kier molecular flexibility index (Phi) is 8.26. The van der Waals surface area contributed by atoms with Gasteiger partial charge >= 0.3 is 0 Å². The van der Waals surface area contributed by atoms with Crippen LogP contribution in [0.2, 0.25) is 0 Å². The number of rotatable bonds is 6. The lowest BCUT2D eigenvalue weighted by atomic mass is 9.71. The summed E-state index contributed by atoms with van der Waals surface area (Å²) in [6.07, 6.45) is 14.8. The zero-order valence-corrected chi connectivity index (χ0v) is 22.3. The first-order chi connectivity index (χ1) is 18.5. The van der Waals surface area contributed by atoms with Crippen molar-refractivity contribution in [3.05, 3.63) is 95.5 Å². The molecule has 0 N–H and O–H groups in total. The van der Waals surface area contributed by atoms with Gasteiger partial charge in [-0.15, -0.1) is 0 Å². The highest BCUT2D eigenvalue weighted by Crippen LogP contribution is 2.42. The number of hydrogen-bond donors (Lipinski definition) is 0. The van der Waals surface area contributed by atoms with Gasteiger partial charge in [0.05, 0.1) is 7.11 Å². The Labute approximate surface area is 224 Å². The summed E-state index contributed by atoms with van der Waals surface area (Å²) in [6, 6.07) is 12.4. The van der Waals surface area contributed by atoms with Crippen LogP contribution in [-0.2, 0) is 4.74 Å². The minimum Gasteiger partial charge on any atom is -0.498 e. The second-order valence-electron chi connectivity index (χ2n) is 10.9. The predicted octanol–water partition coefficient (Wildman–Crippen LogP) is 9.66. The number of allylic oxidation sites excluding steroid dienone is 8. The lowest BCUT2D eigenvalue weighted by Gasteiger charge is -2.35. The molecule has 200 valence electrons. The Morgan fingerprint density at radius 3 is 2.16 bits per heavy atom. The van der Waals surface area contributed by atoms with Gasteiger partial charge in [-0.2, -0.15) is 0 Å². The second kappa shape index (κ2) is 11.8. The number of benzene rings is 2. The molecular formula is C34H37F3O. The molecule has 1 fully saturated rings. The number of ether oxygens (including phenoxy) is 1. The van der Waals surface area contributed by atoms with Crippen molar-refractivity contribution in [1.29, 1.82) is 0 Å². The molecule has 0 bridgehead atoms. The van der Waals surface area contributed by atoms with E-state index in [1.807, 2.05) is 12.1 Å². The van der Waals surface area contributed by atoms with Gasteiger partial charge in [0, 0.05) is 5.56 Å². The molecular weight excluding hydrogens is 481 g/mol. The molecule has 2 aromatic rings. The highest BCUT2D eigenvalue weighted by Gasteiger charge is 2.32. The van der Waals surface area contributed by atoms with E-state index in [9.17, 15) is 8.78 Å². The summed E-state index contributed by atoms with van der Waals surface area (Å²) < 4.78 is 49.0. The summed E-state index contributed by atoms with van der Waals surface area (Å²) >= 11 is 0. The molecule has 0 amide bonds. The molecule has 0 heterocycles. The van der Waals surface area contributed by atoms with Crippen LogP contribution in [0.15, 0.2) is 78.6 Å². The third-order valence-corrected chi connectivity index (χ3v) is 8.76. The molecule has 0 saturated heterocycles. The molecule has 0 spiro atoms. The van der Waals surface area contributed by atoms with Crippen LogP contribution in [-0.4, -0.2) is 19.5 Å². The van der Waals surface area contributed by atoms with Gasteiger partial charge in [0.1, 0.15) is 11.6 Å². The first-order valence-electron chi connectivity index (χ1n) is 13.9. The third kappa shape index (κ3) is 5.55. The molecule has 0 aromatic heterocycles. The molecule has 1 saturated carbocycles. The Morgan fingerprint density at radius 1 is 0.816 bits per heavy atom. The molecule has 2 aromatic carbocycles. The van der Waals surface area contributed by atoms with Crippen LogP contribution in [0.3, 0.4) is 0 Å². The largest absolute Gasteiger partial charge is 0.498 e. The van der Waals surface area contributed by atoms with E-state index in [0.717, 1.165) is 36.2 Å². The van der Waals surface area contributed by atoms with Gasteiger partial charge in [0.15, 0.2) is 12.3 Å². The highest BCUT2D eigenvalue weighted by atomic mass is 19.2. The fourth-order valence-corrected chi connectivity index (χ4v) is 6.51. The van der Waals surface area contributed by atoms with Crippen molar-refractivity contribution in [2.45, 2.75) is 64.2 Å². The van der Waals surface area contributed by atoms with Crippen LogP contribution in [0, 0.1) is 23.6 Å². The molecule has 3 atom stereocenters. The predicted molar refractivity (Wildman–Crippen MR) is 150 cm³/mol. The van der Waals surface area contributed by atoms with Crippen LogP contribution in [0.4, 0.5) is 13.2 Å². The zero-order valence-electron chi connectivity index (χ0n) is 22.3. The highest BCUT2D eigenvalue weighted by molar-refractivity contribution is 5.76. The van der Waals surface area contributed by atoms with Gasteiger partial charge in [-0.3, -0.25) is 0 Å². The standard InChI is InChI=1S/C34H37F3O/c1-3-4-22-5-7-23(8-6-22)24-9-11-25(12-10-24)28-17-18-29(31(35)21-28)26-13-15-27(16-14-26)30-19-20-32(38-2)34(37)33(30)36/h3-4,11,13-24,33-34H,5-10,12H2,1-2H3/b4-3+. The Bertz CT molecular complexity index is 1240. The summed E-state index contributed by atoms with van der Waals surface area (Å²) in [5.41, 5.74) is 4.25. The quantitative estimate of drug-likeness (QED) is 0.346. The van der Waals surface area contributed by atoms with Crippen molar-refractivity contribution >= 4 is 11.1 Å². The van der Waals surface area contributed by atoms with Crippen molar-refractivity contribution in [2.24, 2.45) is 17.8 Å². The summed E-state index contributed by atoms with van der Waals surface area (Å²) in [4.78, 5) is 0. The van der Waals surface area contributed by atoms with Crippen LogP contribution < -0.4 is 0 Å². The van der Waals surface area contributed by atoms with E-state index in [1.54, 1.807) is 36.4 Å². The number of hydrogen-bond acceptors (Lipinski definition) is 1.